The molecule has 0 saturated heterocycles. The molecule has 0 fully saturated rings. The molecule has 1 aromatic heterocycles. The zero-order valence-electron chi connectivity index (χ0n) is 13.4. The van der Waals surface area contributed by atoms with Crippen LogP contribution in [0.15, 0.2) is 59.7 Å². The maximum Gasteiger partial charge on any atom is 0.0744 e. The van der Waals surface area contributed by atoms with Crippen molar-refractivity contribution in [3.05, 3.63) is 71.4 Å². The molecule has 1 aliphatic rings. The van der Waals surface area contributed by atoms with Gasteiger partial charge in [-0.15, -0.1) is 0 Å². The summed E-state index contributed by atoms with van der Waals surface area (Å²) < 4.78 is 0. The molecule has 0 amide bonds. The van der Waals surface area contributed by atoms with Crippen molar-refractivity contribution in [1.82, 2.24) is 4.98 Å². The Balaban J connectivity index is 1.95. The van der Waals surface area contributed by atoms with E-state index in [1.165, 1.54) is 5.56 Å². The molecule has 114 valence electrons. The number of pyridine rings is 1. The normalized spacial score (nSPS) is 16.0. The lowest BCUT2D eigenvalue weighted by Gasteiger charge is -2.30. The average molecular weight is 301 g/mol. The third-order valence-electron chi connectivity index (χ3n) is 4.36. The van der Waals surface area contributed by atoms with Crippen molar-refractivity contribution in [2.45, 2.75) is 25.8 Å². The predicted octanol–water partition coefficient (Wildman–Crippen LogP) is 3.99. The van der Waals surface area contributed by atoms with E-state index in [9.17, 15) is 0 Å². The number of hydrogen-bond acceptors (Lipinski definition) is 3. The molecule has 0 bridgehead atoms. The highest BCUT2D eigenvalue weighted by molar-refractivity contribution is 6.16. The minimum Gasteiger partial charge on any atom is -0.398 e. The molecule has 0 unspecified atom stereocenters. The van der Waals surface area contributed by atoms with Gasteiger partial charge in [-0.1, -0.05) is 30.3 Å². The monoisotopic (exact) mass is 301 g/mol. The van der Waals surface area contributed by atoms with Gasteiger partial charge in [-0.25, -0.2) is 0 Å². The Morgan fingerprint density at radius 2 is 1.87 bits per heavy atom. The lowest BCUT2D eigenvalue weighted by molar-refractivity contribution is 0.514. The van der Waals surface area contributed by atoms with Crippen LogP contribution in [0.25, 0.3) is 10.9 Å². The van der Waals surface area contributed by atoms with Gasteiger partial charge in [0.1, 0.15) is 0 Å². The topological polar surface area (TPSA) is 51.3 Å². The van der Waals surface area contributed by atoms with Crippen molar-refractivity contribution in [3.8, 4) is 0 Å². The molecular weight excluding hydrogens is 282 g/mol. The number of nitrogens with two attached hydrogens (primary N) is 1. The molecule has 2 aromatic carbocycles. The van der Waals surface area contributed by atoms with Gasteiger partial charge in [0.05, 0.1) is 16.8 Å². The largest absolute Gasteiger partial charge is 0.398 e. The lowest BCUT2D eigenvalue weighted by atomic mass is 9.84. The quantitative estimate of drug-likeness (QED) is 0.691. The van der Waals surface area contributed by atoms with E-state index >= 15 is 0 Å². The Kier molecular flexibility index (Phi) is 2.98. The number of rotatable bonds is 1. The van der Waals surface area contributed by atoms with Crippen LogP contribution in [-0.2, 0) is 6.42 Å². The van der Waals surface area contributed by atoms with Crippen LogP contribution in [0.5, 0.6) is 0 Å². The first-order chi connectivity index (χ1) is 11.0. The number of hydrogen-bond donors (Lipinski definition) is 1. The van der Waals surface area contributed by atoms with E-state index in [0.717, 1.165) is 39.8 Å². The van der Waals surface area contributed by atoms with Crippen molar-refractivity contribution in [3.63, 3.8) is 0 Å². The van der Waals surface area contributed by atoms with Crippen LogP contribution < -0.4 is 5.73 Å². The second-order valence-electron chi connectivity index (χ2n) is 6.74. The third-order valence-corrected chi connectivity index (χ3v) is 4.36. The van der Waals surface area contributed by atoms with Crippen LogP contribution in [0.2, 0.25) is 0 Å². The van der Waals surface area contributed by atoms with Gasteiger partial charge in [0.2, 0.25) is 0 Å². The Morgan fingerprint density at radius 1 is 1.04 bits per heavy atom. The number of anilines is 1. The molecular formula is C20H19N3. The van der Waals surface area contributed by atoms with E-state index < -0.39 is 0 Å². The fourth-order valence-corrected chi connectivity index (χ4v) is 3.28. The van der Waals surface area contributed by atoms with Crippen LogP contribution in [0.3, 0.4) is 0 Å². The number of para-hydroxylation sites is 1. The summed E-state index contributed by atoms with van der Waals surface area (Å²) in [5.41, 5.74) is 12.3. The molecule has 23 heavy (non-hydrogen) atoms. The standard InChI is InChI=1S/C20H19N3/c1-20(2)11-16-15(7-5-8-17(16)21)19(23-20)14-10-13-6-3-4-9-18(13)22-12-14/h3-10,12H,11,21H2,1-2H3. The zero-order chi connectivity index (χ0) is 16.0. The van der Waals surface area contributed by atoms with E-state index in [1.54, 1.807) is 0 Å². The molecule has 0 saturated carbocycles. The van der Waals surface area contributed by atoms with Crippen molar-refractivity contribution in [1.29, 1.82) is 0 Å². The van der Waals surface area contributed by atoms with Crippen molar-refractivity contribution >= 4 is 22.3 Å². The smallest absolute Gasteiger partial charge is 0.0744 e. The van der Waals surface area contributed by atoms with Crippen LogP contribution in [0.4, 0.5) is 5.69 Å². The molecule has 3 nitrogen and oxygen atoms in total. The van der Waals surface area contributed by atoms with Crippen molar-refractivity contribution in [2.24, 2.45) is 4.99 Å². The molecule has 2 heterocycles. The highest BCUT2D eigenvalue weighted by Gasteiger charge is 2.28. The van der Waals surface area contributed by atoms with Crippen LogP contribution in [0, 0.1) is 0 Å². The first-order valence-electron chi connectivity index (χ1n) is 7.86. The van der Waals surface area contributed by atoms with E-state index in [2.05, 4.69) is 37.0 Å². The molecule has 3 aromatic rings. The van der Waals surface area contributed by atoms with Crippen LogP contribution in [-0.4, -0.2) is 16.2 Å². The summed E-state index contributed by atoms with van der Waals surface area (Å²) in [5.74, 6) is 0. The molecule has 0 aliphatic carbocycles. The van der Waals surface area contributed by atoms with E-state index in [4.69, 9.17) is 10.7 Å². The molecule has 2 N–H and O–H groups in total. The van der Waals surface area contributed by atoms with Gasteiger partial charge in [0, 0.05) is 28.4 Å². The fraction of sp³-hybridized carbons (Fsp3) is 0.200. The van der Waals surface area contributed by atoms with Gasteiger partial charge >= 0.3 is 0 Å². The molecule has 4 rings (SSSR count). The summed E-state index contributed by atoms with van der Waals surface area (Å²) in [7, 11) is 0. The van der Waals surface area contributed by atoms with Gasteiger partial charge in [-0.3, -0.25) is 9.98 Å². The van der Waals surface area contributed by atoms with Gasteiger partial charge in [-0.05, 0) is 44.0 Å². The minimum absolute atomic E-state index is 0.163. The molecule has 1 aliphatic heterocycles. The Hall–Kier alpha value is -2.68. The summed E-state index contributed by atoms with van der Waals surface area (Å²) in [4.78, 5) is 9.58. The number of fused-ring (bicyclic) bond motifs is 2. The van der Waals surface area contributed by atoms with Crippen LogP contribution >= 0.6 is 0 Å². The number of aliphatic imine (C=N–C) groups is 1. The highest BCUT2D eigenvalue weighted by atomic mass is 14.9. The Labute approximate surface area is 135 Å². The number of nitrogens with zero attached hydrogens (tertiary/aromatic N) is 2. The maximum atomic E-state index is 6.22. The molecule has 0 spiro atoms. The zero-order valence-corrected chi connectivity index (χ0v) is 13.4. The maximum absolute atomic E-state index is 6.22. The summed E-state index contributed by atoms with van der Waals surface area (Å²) >= 11 is 0. The molecule has 0 radical (unpaired) electrons. The summed E-state index contributed by atoms with van der Waals surface area (Å²) in [5, 5.41) is 1.13. The SMILES string of the molecule is CC1(C)Cc2c(N)cccc2C(c2cnc3ccccc3c2)=N1. The van der Waals surface area contributed by atoms with Crippen molar-refractivity contribution in [2.75, 3.05) is 5.73 Å². The first-order valence-corrected chi connectivity index (χ1v) is 7.86. The second kappa shape index (κ2) is 4.92. The van der Waals surface area contributed by atoms with E-state index in [0.29, 0.717) is 0 Å². The summed E-state index contributed by atoms with van der Waals surface area (Å²) in [6.07, 6.45) is 2.77. The van der Waals surface area contributed by atoms with Gasteiger partial charge in [-0.2, -0.15) is 0 Å². The summed E-state index contributed by atoms with van der Waals surface area (Å²) in [6, 6.07) is 16.4. The molecule has 3 heteroatoms. The summed E-state index contributed by atoms with van der Waals surface area (Å²) in [6.45, 7) is 4.30. The number of aromatic nitrogens is 1. The Bertz CT molecular complexity index is 939. The van der Waals surface area contributed by atoms with Crippen molar-refractivity contribution < 1.29 is 0 Å². The number of benzene rings is 2. The third kappa shape index (κ3) is 2.38. The van der Waals surface area contributed by atoms with Gasteiger partial charge in [0.25, 0.3) is 0 Å². The van der Waals surface area contributed by atoms with E-state index in [-0.39, 0.29) is 5.54 Å². The molecule has 0 atom stereocenters. The fourth-order valence-electron chi connectivity index (χ4n) is 3.28. The number of nitrogen functional groups attached to an aromatic ring is 1. The first kappa shape index (κ1) is 13.9. The predicted molar refractivity (Wildman–Crippen MR) is 96.0 cm³/mol. The average Bonchev–Trinajstić information content (AvgIpc) is 2.54. The lowest BCUT2D eigenvalue weighted by Crippen LogP contribution is -2.30. The second-order valence-corrected chi connectivity index (χ2v) is 6.74. The highest BCUT2D eigenvalue weighted by Crippen LogP contribution is 2.32. The van der Waals surface area contributed by atoms with Gasteiger partial charge in [0.15, 0.2) is 0 Å². The van der Waals surface area contributed by atoms with Crippen LogP contribution in [0.1, 0.15) is 30.5 Å². The van der Waals surface area contributed by atoms with Gasteiger partial charge < -0.3 is 5.73 Å². The minimum atomic E-state index is -0.163. The van der Waals surface area contributed by atoms with E-state index in [1.807, 2.05) is 36.5 Å². The Morgan fingerprint density at radius 3 is 2.74 bits per heavy atom.